The van der Waals surface area contributed by atoms with Crippen LogP contribution in [0.15, 0.2) is 41.8 Å². The smallest absolute Gasteiger partial charge is 0.315 e. The van der Waals surface area contributed by atoms with E-state index in [9.17, 15) is 14.0 Å². The second-order valence-corrected chi connectivity index (χ2v) is 6.48. The van der Waals surface area contributed by atoms with Crippen LogP contribution in [-0.4, -0.2) is 25.0 Å². The molecule has 2 rings (SSSR count). The molecular formula is C18H22FN3O2S. The molecule has 0 aliphatic heterocycles. The van der Waals surface area contributed by atoms with Gasteiger partial charge in [-0.2, -0.15) is 0 Å². The van der Waals surface area contributed by atoms with Crippen molar-refractivity contribution in [3.05, 3.63) is 58.0 Å². The van der Waals surface area contributed by atoms with Gasteiger partial charge in [-0.25, -0.2) is 9.18 Å². The van der Waals surface area contributed by atoms with Crippen molar-refractivity contribution in [2.24, 2.45) is 0 Å². The highest BCUT2D eigenvalue weighted by molar-refractivity contribution is 7.10. The molecule has 5 nitrogen and oxygen atoms in total. The summed E-state index contributed by atoms with van der Waals surface area (Å²) in [4.78, 5) is 24.6. The Labute approximate surface area is 150 Å². The van der Waals surface area contributed by atoms with Crippen LogP contribution in [0.4, 0.5) is 9.18 Å². The van der Waals surface area contributed by atoms with E-state index >= 15 is 0 Å². The SMILES string of the molecule is CCCNC(=O)CCNC(=O)NC(c1ccc(F)cc1)c1cccs1. The van der Waals surface area contributed by atoms with Crippen LogP contribution in [0.5, 0.6) is 0 Å². The number of halogens is 1. The van der Waals surface area contributed by atoms with Gasteiger partial charge in [0.25, 0.3) is 0 Å². The first-order valence-electron chi connectivity index (χ1n) is 8.20. The third kappa shape index (κ3) is 6.19. The molecule has 0 aliphatic rings. The molecule has 2 aromatic rings. The van der Waals surface area contributed by atoms with Crippen LogP contribution in [-0.2, 0) is 4.79 Å². The average Bonchev–Trinajstić information content (AvgIpc) is 3.13. The Morgan fingerprint density at radius 3 is 2.52 bits per heavy atom. The van der Waals surface area contributed by atoms with E-state index in [1.165, 1.54) is 23.5 Å². The first-order chi connectivity index (χ1) is 12.1. The number of rotatable bonds is 8. The summed E-state index contributed by atoms with van der Waals surface area (Å²) >= 11 is 1.51. The van der Waals surface area contributed by atoms with Crippen LogP contribution in [0, 0.1) is 5.82 Å². The highest BCUT2D eigenvalue weighted by atomic mass is 32.1. The number of nitrogens with one attached hydrogen (secondary N) is 3. The van der Waals surface area contributed by atoms with E-state index in [0.29, 0.717) is 6.54 Å². The van der Waals surface area contributed by atoms with Gasteiger partial charge in [0.15, 0.2) is 0 Å². The van der Waals surface area contributed by atoms with Crippen molar-refractivity contribution in [3.63, 3.8) is 0 Å². The summed E-state index contributed by atoms with van der Waals surface area (Å²) in [6.07, 6.45) is 1.10. The molecule has 3 N–H and O–H groups in total. The molecule has 0 bridgehead atoms. The number of thiophene rings is 1. The topological polar surface area (TPSA) is 70.2 Å². The number of amides is 3. The van der Waals surface area contributed by atoms with Crippen molar-refractivity contribution in [1.82, 2.24) is 16.0 Å². The summed E-state index contributed by atoms with van der Waals surface area (Å²) in [5.41, 5.74) is 0.791. The number of carbonyl (C=O) groups excluding carboxylic acids is 2. The highest BCUT2D eigenvalue weighted by Crippen LogP contribution is 2.26. The van der Waals surface area contributed by atoms with Crippen LogP contribution < -0.4 is 16.0 Å². The van der Waals surface area contributed by atoms with Gasteiger partial charge in [0.05, 0.1) is 6.04 Å². The van der Waals surface area contributed by atoms with Crippen molar-refractivity contribution in [2.75, 3.05) is 13.1 Å². The van der Waals surface area contributed by atoms with Crippen LogP contribution in [0.3, 0.4) is 0 Å². The van der Waals surface area contributed by atoms with Crippen molar-refractivity contribution < 1.29 is 14.0 Å². The molecule has 1 aromatic carbocycles. The monoisotopic (exact) mass is 363 g/mol. The lowest BCUT2D eigenvalue weighted by molar-refractivity contribution is -0.120. The lowest BCUT2D eigenvalue weighted by Gasteiger charge is -2.18. The largest absolute Gasteiger partial charge is 0.356 e. The van der Waals surface area contributed by atoms with Crippen LogP contribution in [0.25, 0.3) is 0 Å². The van der Waals surface area contributed by atoms with Gasteiger partial charge in [0.2, 0.25) is 5.91 Å². The molecule has 1 unspecified atom stereocenters. The zero-order valence-corrected chi connectivity index (χ0v) is 14.9. The first-order valence-corrected chi connectivity index (χ1v) is 9.08. The number of carbonyl (C=O) groups is 2. The number of hydrogen-bond acceptors (Lipinski definition) is 3. The maximum atomic E-state index is 13.2. The summed E-state index contributed by atoms with van der Waals surface area (Å²) < 4.78 is 13.2. The van der Waals surface area contributed by atoms with Gasteiger partial charge in [-0.15, -0.1) is 11.3 Å². The van der Waals surface area contributed by atoms with Crippen LogP contribution in [0.1, 0.15) is 36.2 Å². The molecule has 1 atom stereocenters. The Bertz CT molecular complexity index is 674. The van der Waals surface area contributed by atoms with E-state index in [-0.39, 0.29) is 36.8 Å². The number of urea groups is 1. The average molecular weight is 363 g/mol. The predicted molar refractivity (Wildman–Crippen MR) is 97.0 cm³/mol. The summed E-state index contributed by atoms with van der Waals surface area (Å²) in [5.74, 6) is -0.410. The fraction of sp³-hybridized carbons (Fsp3) is 0.333. The second-order valence-electron chi connectivity index (χ2n) is 5.50. The zero-order valence-electron chi connectivity index (χ0n) is 14.0. The maximum absolute atomic E-state index is 13.2. The molecule has 0 radical (unpaired) electrons. The Hall–Kier alpha value is -2.41. The predicted octanol–water partition coefficient (Wildman–Crippen LogP) is 3.19. The van der Waals surface area contributed by atoms with E-state index in [1.807, 2.05) is 24.4 Å². The molecule has 7 heteroatoms. The highest BCUT2D eigenvalue weighted by Gasteiger charge is 2.18. The standard InChI is InChI=1S/C18H22FN3O2S/c1-2-10-20-16(23)9-11-21-18(24)22-17(15-4-3-12-25-15)13-5-7-14(19)8-6-13/h3-8,12,17H,2,9-11H2,1H3,(H,20,23)(H2,21,22,24). The summed E-state index contributed by atoms with van der Waals surface area (Å²) in [6, 6.07) is 9.11. The third-order valence-corrected chi connectivity index (χ3v) is 4.45. The lowest BCUT2D eigenvalue weighted by Crippen LogP contribution is -2.40. The number of hydrogen-bond donors (Lipinski definition) is 3. The fourth-order valence-corrected chi connectivity index (χ4v) is 3.06. The van der Waals surface area contributed by atoms with Gasteiger partial charge >= 0.3 is 6.03 Å². The van der Waals surface area contributed by atoms with Crippen LogP contribution in [0.2, 0.25) is 0 Å². The van der Waals surface area contributed by atoms with Crippen LogP contribution >= 0.6 is 11.3 Å². The molecule has 1 aromatic heterocycles. The molecular weight excluding hydrogens is 341 g/mol. The van der Waals surface area contributed by atoms with Crippen molar-refractivity contribution in [3.8, 4) is 0 Å². The molecule has 0 saturated carbocycles. The molecule has 0 aliphatic carbocycles. The van der Waals surface area contributed by atoms with Crippen molar-refractivity contribution in [1.29, 1.82) is 0 Å². The zero-order chi connectivity index (χ0) is 18.1. The quantitative estimate of drug-likeness (QED) is 0.674. The minimum atomic E-state index is -0.369. The Balaban J connectivity index is 1.92. The molecule has 1 heterocycles. The Morgan fingerprint density at radius 1 is 1.12 bits per heavy atom. The van der Waals surface area contributed by atoms with Crippen molar-refractivity contribution >= 4 is 23.3 Å². The van der Waals surface area contributed by atoms with Gasteiger partial charge in [0.1, 0.15) is 5.82 Å². The second kappa shape index (κ2) is 9.78. The van der Waals surface area contributed by atoms with Gasteiger partial charge in [-0.3, -0.25) is 4.79 Å². The summed E-state index contributed by atoms with van der Waals surface area (Å²) in [7, 11) is 0. The van der Waals surface area contributed by atoms with Gasteiger partial charge in [-0.05, 0) is 35.6 Å². The molecule has 3 amide bonds. The molecule has 25 heavy (non-hydrogen) atoms. The number of benzene rings is 1. The van der Waals surface area contributed by atoms with E-state index in [0.717, 1.165) is 16.9 Å². The van der Waals surface area contributed by atoms with E-state index in [1.54, 1.807) is 12.1 Å². The summed E-state index contributed by atoms with van der Waals surface area (Å²) in [6.45, 7) is 2.87. The molecule has 0 spiro atoms. The summed E-state index contributed by atoms with van der Waals surface area (Å²) in [5, 5.41) is 10.2. The third-order valence-electron chi connectivity index (χ3n) is 3.52. The minimum absolute atomic E-state index is 0.0875. The molecule has 0 fully saturated rings. The van der Waals surface area contributed by atoms with Gasteiger partial charge < -0.3 is 16.0 Å². The molecule has 0 saturated heterocycles. The van der Waals surface area contributed by atoms with Gasteiger partial charge in [0, 0.05) is 24.4 Å². The normalized spacial score (nSPS) is 11.6. The minimum Gasteiger partial charge on any atom is -0.356 e. The Morgan fingerprint density at radius 2 is 1.88 bits per heavy atom. The lowest BCUT2D eigenvalue weighted by atomic mass is 10.1. The van der Waals surface area contributed by atoms with Gasteiger partial charge in [-0.1, -0.05) is 25.1 Å². The van der Waals surface area contributed by atoms with Crippen molar-refractivity contribution in [2.45, 2.75) is 25.8 Å². The first kappa shape index (κ1) is 18.9. The maximum Gasteiger partial charge on any atom is 0.315 e. The van der Waals surface area contributed by atoms with E-state index < -0.39 is 0 Å². The fourth-order valence-electron chi connectivity index (χ4n) is 2.25. The Kier molecular flexibility index (Phi) is 7.40. The molecule has 134 valence electrons. The van der Waals surface area contributed by atoms with E-state index in [4.69, 9.17) is 0 Å². The van der Waals surface area contributed by atoms with E-state index in [2.05, 4.69) is 16.0 Å².